The second-order valence-electron chi connectivity index (χ2n) is 4.85. The smallest absolute Gasteiger partial charge is 0.233 e. The van der Waals surface area contributed by atoms with Crippen LogP contribution in [0.25, 0.3) is 0 Å². The number of sulfonamides is 1. The maximum Gasteiger partial charge on any atom is 0.233 e. The lowest BCUT2D eigenvalue weighted by atomic mass is 9.77. The molecule has 0 saturated carbocycles. The molecule has 0 aliphatic rings. The van der Waals surface area contributed by atoms with Gasteiger partial charge in [0.2, 0.25) is 15.9 Å². The Hall–Kier alpha value is -1.35. The van der Waals surface area contributed by atoms with Crippen LogP contribution < -0.4 is 15.8 Å². The van der Waals surface area contributed by atoms with Crippen molar-refractivity contribution in [2.75, 3.05) is 19.3 Å². The summed E-state index contributed by atoms with van der Waals surface area (Å²) in [6.07, 6.45) is 2.22. The van der Waals surface area contributed by atoms with E-state index in [-0.39, 0.29) is 18.1 Å². The maximum atomic E-state index is 12.4. The van der Waals surface area contributed by atoms with Crippen molar-refractivity contribution in [3.05, 3.63) is 0 Å². The second-order valence-corrected chi connectivity index (χ2v) is 6.89. The molecule has 1 amide bonds. The topological polar surface area (TPSA) is 134 Å². The highest BCUT2D eigenvalue weighted by molar-refractivity contribution is 7.89. The van der Waals surface area contributed by atoms with Crippen molar-refractivity contribution in [3.8, 4) is 0 Å². The molecule has 0 atom stereocenters. The van der Waals surface area contributed by atoms with Crippen LogP contribution in [0.5, 0.6) is 0 Å². The standard InChI is InChI=1S/C12H26N4O4S/c1-4-6-12(7-5-2,10(13)16-18)11(17)15-8-9-21(19,20)14-3/h14,18H,4-9H2,1-3H3,(H2,13,16)(H,15,17). The number of rotatable bonds is 10. The Morgan fingerprint density at radius 1 is 1.29 bits per heavy atom. The molecule has 5 N–H and O–H groups in total. The molecular formula is C12H26N4O4S. The normalized spacial score (nSPS) is 13.2. The van der Waals surface area contributed by atoms with Crippen LogP contribution in [0.15, 0.2) is 5.16 Å². The first kappa shape index (κ1) is 19.7. The van der Waals surface area contributed by atoms with Crippen molar-refractivity contribution < 1.29 is 18.4 Å². The predicted octanol–water partition coefficient (Wildman–Crippen LogP) is -0.0152. The van der Waals surface area contributed by atoms with Gasteiger partial charge >= 0.3 is 0 Å². The molecule has 0 fully saturated rings. The summed E-state index contributed by atoms with van der Waals surface area (Å²) in [5, 5.41) is 14.5. The van der Waals surface area contributed by atoms with E-state index < -0.39 is 21.3 Å². The van der Waals surface area contributed by atoms with Gasteiger partial charge in [0.05, 0.1) is 5.75 Å². The zero-order chi connectivity index (χ0) is 16.5. The van der Waals surface area contributed by atoms with E-state index in [1.807, 2.05) is 13.8 Å². The molecule has 0 saturated heterocycles. The molecule has 0 unspecified atom stereocenters. The SMILES string of the molecule is CCCC(CCC)(C(=O)NCCS(=O)(=O)NC)C(N)=NO. The van der Waals surface area contributed by atoms with Gasteiger partial charge in [0.25, 0.3) is 0 Å². The van der Waals surface area contributed by atoms with Gasteiger partial charge in [-0.05, 0) is 19.9 Å². The molecule has 0 aliphatic heterocycles. The third-order valence-electron chi connectivity index (χ3n) is 3.35. The van der Waals surface area contributed by atoms with E-state index in [0.29, 0.717) is 25.7 Å². The fraction of sp³-hybridized carbons (Fsp3) is 0.833. The van der Waals surface area contributed by atoms with E-state index >= 15 is 0 Å². The van der Waals surface area contributed by atoms with E-state index in [1.165, 1.54) is 7.05 Å². The number of nitrogens with two attached hydrogens (primary N) is 1. The number of amidine groups is 1. The van der Waals surface area contributed by atoms with E-state index in [4.69, 9.17) is 10.9 Å². The number of hydrogen-bond donors (Lipinski definition) is 4. The zero-order valence-corrected chi connectivity index (χ0v) is 13.7. The average Bonchev–Trinajstić information content (AvgIpc) is 2.45. The number of carbonyl (C=O) groups excluding carboxylic acids is 1. The van der Waals surface area contributed by atoms with Crippen LogP contribution >= 0.6 is 0 Å². The van der Waals surface area contributed by atoms with Gasteiger partial charge in [0, 0.05) is 6.54 Å². The highest BCUT2D eigenvalue weighted by atomic mass is 32.2. The molecule has 0 aromatic rings. The molecule has 21 heavy (non-hydrogen) atoms. The number of amides is 1. The number of hydrogen-bond acceptors (Lipinski definition) is 5. The van der Waals surface area contributed by atoms with Crippen LogP contribution in [0.1, 0.15) is 39.5 Å². The molecule has 0 aromatic carbocycles. The molecule has 0 aromatic heterocycles. The highest BCUT2D eigenvalue weighted by Gasteiger charge is 2.41. The monoisotopic (exact) mass is 322 g/mol. The quantitative estimate of drug-likeness (QED) is 0.194. The summed E-state index contributed by atoms with van der Waals surface area (Å²) in [5.41, 5.74) is 4.62. The number of carbonyl (C=O) groups is 1. The Bertz CT molecular complexity index is 456. The molecule has 8 nitrogen and oxygen atoms in total. The predicted molar refractivity (Wildman–Crippen MR) is 81.5 cm³/mol. The van der Waals surface area contributed by atoms with Crippen molar-refractivity contribution in [1.82, 2.24) is 10.0 Å². The van der Waals surface area contributed by atoms with E-state index in [2.05, 4.69) is 15.2 Å². The molecule has 0 heterocycles. The molecule has 0 radical (unpaired) electrons. The van der Waals surface area contributed by atoms with E-state index in [0.717, 1.165) is 0 Å². The molecule has 0 spiro atoms. The van der Waals surface area contributed by atoms with Gasteiger partial charge in [-0.1, -0.05) is 31.8 Å². The van der Waals surface area contributed by atoms with Crippen LogP contribution in [0.2, 0.25) is 0 Å². The van der Waals surface area contributed by atoms with Gasteiger partial charge < -0.3 is 16.3 Å². The first-order valence-electron chi connectivity index (χ1n) is 6.97. The Balaban J connectivity index is 5.03. The van der Waals surface area contributed by atoms with Crippen molar-refractivity contribution in [2.45, 2.75) is 39.5 Å². The molecule has 0 rings (SSSR count). The molecule has 9 heteroatoms. The number of nitrogens with zero attached hydrogens (tertiary/aromatic N) is 1. The van der Waals surface area contributed by atoms with Crippen molar-refractivity contribution in [1.29, 1.82) is 0 Å². The second kappa shape index (κ2) is 8.83. The Morgan fingerprint density at radius 2 is 1.81 bits per heavy atom. The molecule has 124 valence electrons. The average molecular weight is 322 g/mol. The largest absolute Gasteiger partial charge is 0.409 e. The van der Waals surface area contributed by atoms with Crippen molar-refractivity contribution in [2.24, 2.45) is 16.3 Å². The molecular weight excluding hydrogens is 296 g/mol. The van der Waals surface area contributed by atoms with Gasteiger partial charge in [0.15, 0.2) is 5.84 Å². The summed E-state index contributed by atoms with van der Waals surface area (Å²) >= 11 is 0. The van der Waals surface area contributed by atoms with E-state index in [9.17, 15) is 13.2 Å². The van der Waals surface area contributed by atoms with Gasteiger partial charge in [-0.2, -0.15) is 0 Å². The van der Waals surface area contributed by atoms with Crippen LogP contribution in [-0.2, 0) is 14.8 Å². The summed E-state index contributed by atoms with van der Waals surface area (Å²) in [6.45, 7) is 3.76. The third-order valence-corrected chi connectivity index (χ3v) is 4.72. The summed E-state index contributed by atoms with van der Waals surface area (Å²) in [5.74, 6) is -0.771. The zero-order valence-electron chi connectivity index (χ0n) is 12.8. The van der Waals surface area contributed by atoms with E-state index in [1.54, 1.807) is 0 Å². The van der Waals surface area contributed by atoms with Gasteiger partial charge in [-0.15, -0.1) is 0 Å². The van der Waals surface area contributed by atoms with Crippen LogP contribution in [-0.4, -0.2) is 44.7 Å². The minimum Gasteiger partial charge on any atom is -0.409 e. The Kier molecular flexibility index (Phi) is 8.26. The lowest BCUT2D eigenvalue weighted by molar-refractivity contribution is -0.128. The summed E-state index contributed by atoms with van der Waals surface area (Å²) in [4.78, 5) is 12.4. The summed E-state index contributed by atoms with van der Waals surface area (Å²) in [7, 11) is -2.08. The fourth-order valence-corrected chi connectivity index (χ4v) is 2.82. The van der Waals surface area contributed by atoms with Crippen molar-refractivity contribution >= 4 is 21.8 Å². The van der Waals surface area contributed by atoms with Crippen LogP contribution in [0.3, 0.4) is 0 Å². The maximum absolute atomic E-state index is 12.4. The first-order valence-corrected chi connectivity index (χ1v) is 8.62. The van der Waals surface area contributed by atoms with Gasteiger partial charge in [0.1, 0.15) is 5.41 Å². The van der Waals surface area contributed by atoms with Crippen LogP contribution in [0, 0.1) is 5.41 Å². The van der Waals surface area contributed by atoms with Gasteiger partial charge in [-0.3, -0.25) is 4.79 Å². The third kappa shape index (κ3) is 5.50. The fourth-order valence-electron chi connectivity index (χ4n) is 2.24. The number of oxime groups is 1. The van der Waals surface area contributed by atoms with Crippen LogP contribution in [0.4, 0.5) is 0 Å². The minimum absolute atomic E-state index is 0.0319. The summed E-state index contributed by atoms with van der Waals surface area (Å²) in [6, 6.07) is 0. The highest BCUT2D eigenvalue weighted by Crippen LogP contribution is 2.30. The number of nitrogens with one attached hydrogen (secondary N) is 2. The minimum atomic E-state index is -3.39. The molecule has 0 bridgehead atoms. The van der Waals surface area contributed by atoms with Gasteiger partial charge in [-0.25, -0.2) is 13.1 Å². The summed E-state index contributed by atoms with van der Waals surface area (Å²) < 4.78 is 24.8. The lowest BCUT2D eigenvalue weighted by Gasteiger charge is -2.30. The lowest BCUT2D eigenvalue weighted by Crippen LogP contribution is -2.50. The van der Waals surface area contributed by atoms with Crippen molar-refractivity contribution in [3.63, 3.8) is 0 Å². The Morgan fingerprint density at radius 3 is 2.19 bits per heavy atom. The Labute approximate surface area is 126 Å². The molecule has 0 aliphatic carbocycles. The first-order chi connectivity index (χ1) is 9.79.